The third-order valence-electron chi connectivity index (χ3n) is 1.68. The van der Waals surface area contributed by atoms with Gasteiger partial charge >= 0.3 is 0 Å². The van der Waals surface area contributed by atoms with E-state index in [0.717, 1.165) is 16.3 Å². The van der Waals surface area contributed by atoms with E-state index in [0.29, 0.717) is 12.2 Å². The second kappa shape index (κ2) is 5.60. The lowest BCUT2D eigenvalue weighted by atomic mass is 10.1. The Morgan fingerprint density at radius 1 is 1.43 bits per heavy atom. The van der Waals surface area contributed by atoms with Gasteiger partial charge in [0.25, 0.3) is 0 Å². The lowest BCUT2D eigenvalue weighted by Gasteiger charge is -2.01. The Kier molecular flexibility index (Phi) is 4.40. The molecule has 0 aliphatic rings. The van der Waals surface area contributed by atoms with Gasteiger partial charge in [0.05, 0.1) is 18.4 Å². The fourth-order valence-electron chi connectivity index (χ4n) is 0.979. The van der Waals surface area contributed by atoms with Crippen LogP contribution in [0, 0.1) is 0 Å². The summed E-state index contributed by atoms with van der Waals surface area (Å²) in [5.41, 5.74) is 1.41. The Balaban J connectivity index is 2.89. The fraction of sp³-hybridized carbons (Fsp3) is 0.182. The molecule has 0 unspecified atom stereocenters. The van der Waals surface area contributed by atoms with Crippen LogP contribution >= 0.6 is 15.9 Å². The van der Waals surface area contributed by atoms with Crippen LogP contribution in [0.15, 0.2) is 35.0 Å². The quantitative estimate of drug-likeness (QED) is 0.469. The topological polar surface area (TPSA) is 26.3 Å². The zero-order valence-corrected chi connectivity index (χ0v) is 9.45. The number of ether oxygens (including phenoxy) is 1. The van der Waals surface area contributed by atoms with Crippen LogP contribution in [-0.2, 0) is 9.53 Å². The molecule has 0 bridgehead atoms. The average molecular weight is 255 g/mol. The van der Waals surface area contributed by atoms with Gasteiger partial charge < -0.3 is 4.74 Å². The van der Waals surface area contributed by atoms with E-state index < -0.39 is 0 Å². The molecule has 0 amide bonds. The molecule has 0 spiro atoms. The molecule has 74 valence electrons. The van der Waals surface area contributed by atoms with Crippen molar-refractivity contribution in [3.05, 3.63) is 40.6 Å². The molecule has 0 fully saturated rings. The van der Waals surface area contributed by atoms with Gasteiger partial charge in [-0.15, -0.1) is 0 Å². The molecule has 14 heavy (non-hydrogen) atoms. The molecule has 2 nitrogen and oxygen atoms in total. The maximum Gasteiger partial charge on any atom is 0.153 e. The van der Waals surface area contributed by atoms with E-state index >= 15 is 0 Å². The summed E-state index contributed by atoms with van der Waals surface area (Å²) in [5, 5.41) is 0. The molecule has 0 aromatic heterocycles. The van der Waals surface area contributed by atoms with Crippen molar-refractivity contribution in [1.29, 1.82) is 0 Å². The molecule has 0 saturated carbocycles. The minimum Gasteiger partial charge on any atom is -0.501 e. The van der Waals surface area contributed by atoms with Crippen LogP contribution in [0.2, 0.25) is 0 Å². The van der Waals surface area contributed by atoms with Gasteiger partial charge in [0, 0.05) is 4.47 Å². The average Bonchev–Trinajstić information content (AvgIpc) is 2.21. The fourth-order valence-corrected chi connectivity index (χ4v) is 1.24. The summed E-state index contributed by atoms with van der Waals surface area (Å²) in [4.78, 5) is 10.7. The first kappa shape index (κ1) is 11.0. The van der Waals surface area contributed by atoms with E-state index in [9.17, 15) is 4.79 Å². The highest BCUT2D eigenvalue weighted by molar-refractivity contribution is 9.10. The Morgan fingerprint density at radius 3 is 2.57 bits per heavy atom. The molecule has 0 N–H and O–H groups in total. The smallest absolute Gasteiger partial charge is 0.153 e. The van der Waals surface area contributed by atoms with Gasteiger partial charge in [-0.2, -0.15) is 0 Å². The monoisotopic (exact) mass is 254 g/mol. The molecular weight excluding hydrogens is 244 g/mol. The Morgan fingerprint density at radius 2 is 2.07 bits per heavy atom. The van der Waals surface area contributed by atoms with E-state index in [1.807, 2.05) is 31.2 Å². The summed E-state index contributed by atoms with van der Waals surface area (Å²) in [7, 11) is 0. The van der Waals surface area contributed by atoms with Crippen molar-refractivity contribution >= 4 is 27.8 Å². The summed E-state index contributed by atoms with van der Waals surface area (Å²) in [6.07, 6.45) is 2.27. The minimum atomic E-state index is 0.555. The van der Waals surface area contributed by atoms with Gasteiger partial charge in [-0.25, -0.2) is 0 Å². The molecule has 0 heterocycles. The Labute approximate surface area is 91.7 Å². The van der Waals surface area contributed by atoms with Crippen LogP contribution in [0.3, 0.4) is 0 Å². The molecule has 1 aromatic rings. The van der Waals surface area contributed by atoms with Crippen molar-refractivity contribution in [3.8, 4) is 0 Å². The van der Waals surface area contributed by atoms with E-state index in [1.165, 1.54) is 6.26 Å². The molecule has 0 aliphatic carbocycles. The maximum atomic E-state index is 10.7. The van der Waals surface area contributed by atoms with Crippen LogP contribution in [0.1, 0.15) is 12.5 Å². The molecule has 0 aliphatic heterocycles. The number of hydrogen-bond donors (Lipinski definition) is 0. The van der Waals surface area contributed by atoms with E-state index in [1.54, 1.807) is 0 Å². The summed E-state index contributed by atoms with van der Waals surface area (Å²) < 4.78 is 6.05. The van der Waals surface area contributed by atoms with Gasteiger partial charge in [-0.1, -0.05) is 28.1 Å². The van der Waals surface area contributed by atoms with Gasteiger partial charge in [-0.05, 0) is 24.6 Å². The zero-order chi connectivity index (χ0) is 10.4. The minimum absolute atomic E-state index is 0.555. The van der Waals surface area contributed by atoms with Crippen LogP contribution < -0.4 is 0 Å². The van der Waals surface area contributed by atoms with Crippen LogP contribution in [-0.4, -0.2) is 12.9 Å². The largest absolute Gasteiger partial charge is 0.501 e. The Hall–Kier alpha value is -1.09. The second-order valence-corrected chi connectivity index (χ2v) is 3.57. The molecule has 1 aromatic carbocycles. The number of halogens is 1. The molecule has 3 heteroatoms. The van der Waals surface area contributed by atoms with Gasteiger partial charge in [-0.3, -0.25) is 4.79 Å². The second-order valence-electron chi connectivity index (χ2n) is 2.65. The van der Waals surface area contributed by atoms with Crippen LogP contribution in [0.4, 0.5) is 0 Å². The Bertz CT molecular complexity index is 328. The SMILES string of the molecule is CCOC=C(C=O)c1ccc(Br)cc1. The number of hydrogen-bond acceptors (Lipinski definition) is 2. The number of rotatable bonds is 4. The van der Waals surface area contributed by atoms with Gasteiger partial charge in [0.2, 0.25) is 0 Å². The first-order valence-electron chi connectivity index (χ1n) is 4.30. The van der Waals surface area contributed by atoms with Crippen molar-refractivity contribution in [3.63, 3.8) is 0 Å². The lowest BCUT2D eigenvalue weighted by molar-refractivity contribution is -0.103. The van der Waals surface area contributed by atoms with E-state index in [-0.39, 0.29) is 0 Å². The number of carbonyl (C=O) groups excluding carboxylic acids is 1. The van der Waals surface area contributed by atoms with Crippen molar-refractivity contribution < 1.29 is 9.53 Å². The predicted octanol–water partition coefficient (Wildman–Crippen LogP) is 3.03. The third-order valence-corrected chi connectivity index (χ3v) is 2.21. The van der Waals surface area contributed by atoms with Crippen LogP contribution in [0.25, 0.3) is 5.57 Å². The third kappa shape index (κ3) is 3.00. The standard InChI is InChI=1S/C11H11BrO2/c1-2-14-8-10(7-13)9-3-5-11(12)6-4-9/h3-8H,2H2,1H3. The first-order valence-corrected chi connectivity index (χ1v) is 5.10. The zero-order valence-electron chi connectivity index (χ0n) is 7.87. The van der Waals surface area contributed by atoms with E-state index in [4.69, 9.17) is 4.74 Å². The first-order chi connectivity index (χ1) is 6.77. The normalized spacial score (nSPS) is 11.1. The highest BCUT2D eigenvalue weighted by Gasteiger charge is 1.99. The molecule has 0 saturated heterocycles. The number of aldehydes is 1. The summed E-state index contributed by atoms with van der Waals surface area (Å²) >= 11 is 3.33. The molecule has 0 radical (unpaired) electrons. The summed E-state index contributed by atoms with van der Waals surface area (Å²) in [5.74, 6) is 0. The van der Waals surface area contributed by atoms with Crippen molar-refractivity contribution in [1.82, 2.24) is 0 Å². The number of benzene rings is 1. The highest BCUT2D eigenvalue weighted by atomic mass is 79.9. The van der Waals surface area contributed by atoms with Gasteiger partial charge in [0.1, 0.15) is 0 Å². The predicted molar refractivity (Wildman–Crippen MR) is 59.8 cm³/mol. The molecular formula is C11H11BrO2. The van der Waals surface area contributed by atoms with Gasteiger partial charge in [0.15, 0.2) is 6.29 Å². The van der Waals surface area contributed by atoms with Crippen molar-refractivity contribution in [2.24, 2.45) is 0 Å². The van der Waals surface area contributed by atoms with E-state index in [2.05, 4.69) is 15.9 Å². The highest BCUT2D eigenvalue weighted by Crippen LogP contribution is 2.16. The van der Waals surface area contributed by atoms with Crippen molar-refractivity contribution in [2.45, 2.75) is 6.92 Å². The summed E-state index contributed by atoms with van der Waals surface area (Å²) in [6, 6.07) is 7.50. The van der Waals surface area contributed by atoms with Crippen molar-refractivity contribution in [2.75, 3.05) is 6.61 Å². The molecule has 1 rings (SSSR count). The lowest BCUT2D eigenvalue weighted by Crippen LogP contribution is -1.88. The van der Waals surface area contributed by atoms with Crippen LogP contribution in [0.5, 0.6) is 0 Å². The molecule has 0 atom stereocenters. The number of carbonyl (C=O) groups is 1. The summed E-state index contributed by atoms with van der Waals surface area (Å²) in [6.45, 7) is 2.44. The maximum absolute atomic E-state index is 10.7. The number of allylic oxidation sites excluding steroid dienone is 1.